The van der Waals surface area contributed by atoms with Crippen molar-refractivity contribution in [1.82, 2.24) is 0 Å². The van der Waals surface area contributed by atoms with E-state index in [9.17, 15) is 44.7 Å². The summed E-state index contributed by atoms with van der Waals surface area (Å²) in [7, 11) is -5.08. The van der Waals surface area contributed by atoms with Crippen LogP contribution in [-0.4, -0.2) is 44.1 Å². The van der Waals surface area contributed by atoms with Crippen LogP contribution in [0.3, 0.4) is 0 Å². The Labute approximate surface area is 219 Å². The second kappa shape index (κ2) is 9.86. The van der Waals surface area contributed by atoms with Crippen LogP contribution in [0.25, 0.3) is 0 Å². The minimum atomic E-state index is -5.12. The molecule has 1 heterocycles. The maximum atomic E-state index is 15.6. The summed E-state index contributed by atoms with van der Waals surface area (Å²) in [4.78, 5) is 11.5. The number of halogens is 7. The van der Waals surface area contributed by atoms with Crippen molar-refractivity contribution in [1.29, 1.82) is 0 Å². The Kier molecular flexibility index (Phi) is 7.32. The quantitative estimate of drug-likeness (QED) is 0.364. The number of alkyl halides is 6. The molecule has 1 N–H and O–H groups in total. The minimum absolute atomic E-state index is 0.126. The summed E-state index contributed by atoms with van der Waals surface area (Å²) in [6.07, 6.45) is -6.39. The summed E-state index contributed by atoms with van der Waals surface area (Å²) in [5.74, 6) is -8.04. The van der Waals surface area contributed by atoms with Crippen molar-refractivity contribution in [3.8, 4) is 5.75 Å². The third-order valence-corrected chi connectivity index (χ3v) is 8.85. The first-order valence-corrected chi connectivity index (χ1v) is 13.4. The number of anilines is 2. The zero-order valence-corrected chi connectivity index (χ0v) is 21.3. The van der Waals surface area contributed by atoms with Gasteiger partial charge < -0.3 is 14.7 Å². The average molecular weight is 584 g/mol. The molecule has 0 radical (unpaired) electrons. The fourth-order valence-electron chi connectivity index (χ4n) is 4.46. The summed E-state index contributed by atoms with van der Waals surface area (Å²) in [6.45, 7) is -0.773. The second-order valence-electron chi connectivity index (χ2n) is 10.0. The molecule has 0 saturated heterocycles. The van der Waals surface area contributed by atoms with E-state index in [1.807, 2.05) is 0 Å². The number of hydrogen-bond donors (Lipinski definition) is 1. The third-order valence-electron chi connectivity index (χ3n) is 6.93. The summed E-state index contributed by atoms with van der Waals surface area (Å²) in [5.41, 5.74) is -6.45. The lowest BCUT2D eigenvalue weighted by atomic mass is 10.00. The zero-order valence-electron chi connectivity index (χ0n) is 20.4. The topological polar surface area (TPSA) is 83.9 Å². The number of hydrogen-bond acceptors (Lipinski definition) is 5. The molecule has 0 bridgehead atoms. The van der Waals surface area contributed by atoms with Gasteiger partial charge in [-0.05, 0) is 50.5 Å². The third kappa shape index (κ3) is 5.94. The van der Waals surface area contributed by atoms with Gasteiger partial charge in [-0.15, -0.1) is 0 Å². The first-order chi connectivity index (χ1) is 17.9. The molecule has 1 aliphatic carbocycles. The number of nitrogens with zero attached hydrogens (tertiary/aromatic N) is 1. The van der Waals surface area contributed by atoms with Gasteiger partial charge in [-0.2, -0.15) is 13.2 Å². The number of benzene rings is 2. The fraction of sp³-hybridized carbons (Fsp3) is 0.480. The molecule has 1 aliphatic heterocycles. The van der Waals surface area contributed by atoms with Crippen LogP contribution in [0, 0.1) is 17.2 Å². The van der Waals surface area contributed by atoms with E-state index in [0.29, 0.717) is 19.1 Å². The maximum absolute atomic E-state index is 15.6. The molecule has 2 atom stereocenters. The van der Waals surface area contributed by atoms with Crippen molar-refractivity contribution in [3.63, 3.8) is 0 Å². The summed E-state index contributed by atoms with van der Waals surface area (Å²) in [6, 6.07) is 5.26. The summed E-state index contributed by atoms with van der Waals surface area (Å²) in [5, 5.41) is 9.34. The van der Waals surface area contributed by atoms with Gasteiger partial charge in [-0.3, -0.25) is 4.79 Å². The van der Waals surface area contributed by atoms with E-state index in [1.54, 1.807) is 0 Å². The van der Waals surface area contributed by atoms with E-state index < -0.39 is 98.4 Å². The van der Waals surface area contributed by atoms with Gasteiger partial charge in [0.25, 0.3) is 0 Å². The molecular formula is C25H24F7NO5S. The minimum Gasteiger partial charge on any atom is -0.492 e. The molecule has 4 rings (SSSR count). The summed E-state index contributed by atoms with van der Waals surface area (Å²) >= 11 is 0. The SMILES string of the molecule is CC(F)(F)CC[C@H]1CN(c2cccc(F)c2)c2cc(C(F)(F)F)c(OCC3(C(=O)O)CC3)cc2S(=O)(=O)[C@H]1F. The Bertz CT molecular complexity index is 1370. The lowest BCUT2D eigenvalue weighted by Crippen LogP contribution is -2.32. The molecule has 2 aromatic rings. The highest BCUT2D eigenvalue weighted by Crippen LogP contribution is 2.50. The van der Waals surface area contributed by atoms with E-state index >= 15 is 4.39 Å². The Morgan fingerprint density at radius 2 is 1.82 bits per heavy atom. The van der Waals surface area contributed by atoms with Crippen LogP contribution in [0.5, 0.6) is 5.75 Å². The molecule has 1 fully saturated rings. The van der Waals surface area contributed by atoms with Crippen LogP contribution in [-0.2, 0) is 20.8 Å². The van der Waals surface area contributed by atoms with Crippen molar-refractivity contribution < 1.29 is 53.8 Å². The van der Waals surface area contributed by atoms with Crippen molar-refractivity contribution >= 4 is 27.2 Å². The predicted octanol–water partition coefficient (Wildman–Crippen LogP) is 6.36. The standard InChI is InChI=1S/C25H24F7NO5S/c1-23(28,29)6-5-14-12-33(16-4-2-3-15(26)9-16)18-10-17(25(30,31)32)19(11-20(18)39(36,37)21(14)27)38-13-24(7-8-24)22(34)35/h2-4,9-11,14,21H,5-8,12-13H2,1H3,(H,34,35)/t14-,21+/m0/s1. The highest BCUT2D eigenvalue weighted by Gasteiger charge is 2.52. The van der Waals surface area contributed by atoms with E-state index in [0.717, 1.165) is 17.0 Å². The molecule has 0 unspecified atom stereocenters. The molecule has 0 aromatic heterocycles. The van der Waals surface area contributed by atoms with Crippen LogP contribution >= 0.6 is 0 Å². The van der Waals surface area contributed by atoms with Gasteiger partial charge in [-0.25, -0.2) is 26.0 Å². The van der Waals surface area contributed by atoms with Crippen LogP contribution < -0.4 is 9.64 Å². The lowest BCUT2D eigenvalue weighted by Gasteiger charge is -2.29. The molecular weight excluding hydrogens is 559 g/mol. The maximum Gasteiger partial charge on any atom is 0.420 e. The molecule has 6 nitrogen and oxygen atoms in total. The van der Waals surface area contributed by atoms with Crippen LogP contribution in [0.4, 0.5) is 42.1 Å². The number of rotatable bonds is 8. The largest absolute Gasteiger partial charge is 0.492 e. The lowest BCUT2D eigenvalue weighted by molar-refractivity contribution is -0.144. The molecule has 214 valence electrons. The second-order valence-corrected chi connectivity index (χ2v) is 12.0. The van der Waals surface area contributed by atoms with Gasteiger partial charge in [0, 0.05) is 30.6 Å². The van der Waals surface area contributed by atoms with E-state index in [4.69, 9.17) is 4.74 Å². The van der Waals surface area contributed by atoms with E-state index in [1.165, 1.54) is 12.1 Å². The Morgan fingerprint density at radius 1 is 1.15 bits per heavy atom. The van der Waals surface area contributed by atoms with Gasteiger partial charge in [-0.1, -0.05) is 6.07 Å². The van der Waals surface area contributed by atoms with Gasteiger partial charge in [0.1, 0.15) is 23.6 Å². The molecule has 2 aliphatic rings. The highest BCUT2D eigenvalue weighted by atomic mass is 32.2. The van der Waals surface area contributed by atoms with Crippen LogP contribution in [0.2, 0.25) is 0 Å². The average Bonchev–Trinajstić information content (AvgIpc) is 3.62. The number of carboxylic acid groups (broad SMARTS) is 1. The molecule has 39 heavy (non-hydrogen) atoms. The fourth-order valence-corrected chi connectivity index (χ4v) is 6.16. The first-order valence-electron chi connectivity index (χ1n) is 11.8. The van der Waals surface area contributed by atoms with Crippen LogP contribution in [0.15, 0.2) is 41.3 Å². The molecule has 1 saturated carbocycles. The van der Waals surface area contributed by atoms with Gasteiger partial charge >= 0.3 is 12.1 Å². The smallest absolute Gasteiger partial charge is 0.420 e. The Balaban J connectivity index is 1.89. The van der Waals surface area contributed by atoms with Crippen molar-refractivity contribution in [2.24, 2.45) is 11.3 Å². The Morgan fingerprint density at radius 3 is 2.36 bits per heavy atom. The van der Waals surface area contributed by atoms with Gasteiger partial charge in [0.05, 0.1) is 16.1 Å². The number of ether oxygens (including phenoxy) is 1. The molecule has 0 amide bonds. The van der Waals surface area contributed by atoms with Crippen molar-refractivity contribution in [2.75, 3.05) is 18.1 Å². The molecule has 2 aromatic carbocycles. The number of fused-ring (bicyclic) bond motifs is 1. The van der Waals surface area contributed by atoms with Gasteiger partial charge in [0.15, 0.2) is 0 Å². The van der Waals surface area contributed by atoms with Gasteiger partial charge in [0.2, 0.25) is 21.3 Å². The summed E-state index contributed by atoms with van der Waals surface area (Å²) < 4.78 is 131. The molecule has 0 spiro atoms. The monoisotopic (exact) mass is 583 g/mol. The number of aliphatic carboxylic acids is 1. The van der Waals surface area contributed by atoms with E-state index in [-0.39, 0.29) is 18.5 Å². The van der Waals surface area contributed by atoms with Crippen molar-refractivity contribution in [3.05, 3.63) is 47.8 Å². The normalized spacial score (nSPS) is 22.1. The Hall–Kier alpha value is -3.03. The number of carbonyl (C=O) groups is 1. The molecule has 14 heteroatoms. The highest BCUT2D eigenvalue weighted by molar-refractivity contribution is 7.92. The van der Waals surface area contributed by atoms with Crippen molar-refractivity contribution in [2.45, 2.75) is 55.1 Å². The predicted molar refractivity (Wildman–Crippen MR) is 125 cm³/mol. The van der Waals surface area contributed by atoms with Crippen LogP contribution in [0.1, 0.15) is 38.2 Å². The number of sulfone groups is 1. The van der Waals surface area contributed by atoms with E-state index in [2.05, 4.69) is 0 Å². The first kappa shape index (κ1) is 29.0. The number of carboxylic acids is 1. The zero-order chi connectivity index (χ0) is 29.0.